The van der Waals surface area contributed by atoms with Gasteiger partial charge in [0.25, 0.3) is 0 Å². The molecular weight excluding hydrogens is 350 g/mol. The number of aromatic nitrogens is 2. The van der Waals surface area contributed by atoms with Crippen molar-refractivity contribution in [3.63, 3.8) is 0 Å². The van der Waals surface area contributed by atoms with Gasteiger partial charge in [-0.1, -0.05) is 24.3 Å². The van der Waals surface area contributed by atoms with E-state index in [4.69, 9.17) is 0 Å². The Bertz CT molecular complexity index is 1010. The Morgan fingerprint density at radius 2 is 1.71 bits per heavy atom. The van der Waals surface area contributed by atoms with E-state index in [0.29, 0.717) is 5.69 Å². The average molecular weight is 373 g/mol. The predicted molar refractivity (Wildman–Crippen MR) is 113 cm³/mol. The van der Waals surface area contributed by atoms with Crippen molar-refractivity contribution in [3.8, 4) is 0 Å². The van der Waals surface area contributed by atoms with Gasteiger partial charge < -0.3 is 15.1 Å². The number of rotatable bonds is 4. The first-order chi connectivity index (χ1) is 13.7. The molecular formula is C22H23N5O. The van der Waals surface area contributed by atoms with Crippen LogP contribution in [0.1, 0.15) is 5.69 Å². The summed E-state index contributed by atoms with van der Waals surface area (Å²) >= 11 is 0. The van der Waals surface area contributed by atoms with Gasteiger partial charge in [0.05, 0.1) is 34.3 Å². The first-order valence-electron chi connectivity index (χ1n) is 9.42. The van der Waals surface area contributed by atoms with E-state index in [1.807, 2.05) is 42.5 Å². The second-order valence-corrected chi connectivity index (χ2v) is 6.91. The van der Waals surface area contributed by atoms with Crippen LogP contribution >= 0.6 is 0 Å². The minimum atomic E-state index is -0.184. The van der Waals surface area contributed by atoms with Crippen LogP contribution in [-0.4, -0.2) is 54.0 Å². The molecule has 4 rings (SSSR count). The summed E-state index contributed by atoms with van der Waals surface area (Å²) in [4.78, 5) is 26.0. The molecule has 142 valence electrons. The third-order valence-electron chi connectivity index (χ3n) is 4.88. The third-order valence-corrected chi connectivity index (χ3v) is 4.88. The van der Waals surface area contributed by atoms with Gasteiger partial charge in [-0.15, -0.1) is 0 Å². The van der Waals surface area contributed by atoms with Crippen molar-refractivity contribution in [2.24, 2.45) is 0 Å². The number of likely N-dealkylation sites (N-methyl/N-ethyl adjacent to an activating group) is 1. The molecule has 0 saturated carbocycles. The molecule has 3 aromatic rings. The lowest BCUT2D eigenvalue weighted by Crippen LogP contribution is -2.44. The maximum Gasteiger partial charge on any atom is 0.248 e. The maximum absolute atomic E-state index is 12.5. The molecule has 0 bridgehead atoms. The van der Waals surface area contributed by atoms with Crippen LogP contribution in [-0.2, 0) is 4.79 Å². The number of carbonyl (C=O) groups is 1. The van der Waals surface area contributed by atoms with Crippen molar-refractivity contribution < 1.29 is 4.79 Å². The average Bonchev–Trinajstić information content (AvgIpc) is 2.73. The number of piperazine rings is 1. The number of nitrogens with zero attached hydrogens (tertiary/aromatic N) is 4. The largest absolute Gasteiger partial charge is 0.367 e. The minimum absolute atomic E-state index is 0.184. The molecule has 1 N–H and O–H groups in total. The lowest BCUT2D eigenvalue weighted by molar-refractivity contribution is -0.111. The monoisotopic (exact) mass is 373 g/mol. The predicted octanol–water partition coefficient (Wildman–Crippen LogP) is 3.03. The van der Waals surface area contributed by atoms with Crippen LogP contribution in [0.3, 0.4) is 0 Å². The number of carbonyl (C=O) groups excluding carboxylic acids is 1. The van der Waals surface area contributed by atoms with E-state index in [0.717, 1.165) is 48.6 Å². The van der Waals surface area contributed by atoms with Crippen LogP contribution in [0.5, 0.6) is 0 Å². The fraction of sp³-hybridized carbons (Fsp3) is 0.227. The smallest absolute Gasteiger partial charge is 0.248 e. The van der Waals surface area contributed by atoms with Crippen molar-refractivity contribution in [1.82, 2.24) is 14.9 Å². The Balaban J connectivity index is 1.47. The van der Waals surface area contributed by atoms with Crippen molar-refractivity contribution in [3.05, 3.63) is 66.5 Å². The molecule has 0 aliphatic carbocycles. The molecule has 0 atom stereocenters. The second kappa shape index (κ2) is 8.19. The van der Waals surface area contributed by atoms with Crippen LogP contribution in [0, 0.1) is 0 Å². The minimum Gasteiger partial charge on any atom is -0.367 e. The number of hydrogen-bond acceptors (Lipinski definition) is 5. The van der Waals surface area contributed by atoms with Crippen LogP contribution in [0.2, 0.25) is 0 Å². The van der Waals surface area contributed by atoms with E-state index in [1.54, 1.807) is 12.3 Å². The fourth-order valence-electron chi connectivity index (χ4n) is 3.29. The standard InChI is InChI=1S/C22H23N5O/c1-26-12-14-27(15-13-26)21-9-5-4-8-20(21)25-22(28)11-10-17-16-23-18-6-2-3-7-19(18)24-17/h2-11,16H,12-15H2,1H3,(H,25,28)/b11-10+. The van der Waals surface area contributed by atoms with E-state index < -0.39 is 0 Å². The molecule has 6 nitrogen and oxygen atoms in total. The summed E-state index contributed by atoms with van der Waals surface area (Å²) in [7, 11) is 2.13. The molecule has 1 amide bonds. The van der Waals surface area contributed by atoms with E-state index in [2.05, 4.69) is 38.2 Å². The van der Waals surface area contributed by atoms with Gasteiger partial charge in [0, 0.05) is 32.3 Å². The van der Waals surface area contributed by atoms with Gasteiger partial charge in [-0.25, -0.2) is 4.98 Å². The highest BCUT2D eigenvalue weighted by molar-refractivity contribution is 6.03. The zero-order chi connectivity index (χ0) is 19.3. The summed E-state index contributed by atoms with van der Waals surface area (Å²) < 4.78 is 0. The number of benzene rings is 2. The van der Waals surface area contributed by atoms with E-state index >= 15 is 0 Å². The fourth-order valence-corrected chi connectivity index (χ4v) is 3.29. The summed E-state index contributed by atoms with van der Waals surface area (Å²) in [5, 5.41) is 3.00. The summed E-state index contributed by atoms with van der Waals surface area (Å²) in [6.07, 6.45) is 4.86. The van der Waals surface area contributed by atoms with E-state index in [9.17, 15) is 4.79 Å². The normalized spacial score (nSPS) is 15.2. The lowest BCUT2D eigenvalue weighted by atomic mass is 10.2. The Labute approximate surface area is 164 Å². The van der Waals surface area contributed by atoms with Crippen LogP contribution in [0.15, 0.2) is 60.8 Å². The van der Waals surface area contributed by atoms with Gasteiger partial charge in [-0.2, -0.15) is 0 Å². The Hall–Kier alpha value is -3.25. The number of anilines is 2. The lowest BCUT2D eigenvalue weighted by Gasteiger charge is -2.35. The summed E-state index contributed by atoms with van der Waals surface area (Å²) in [6, 6.07) is 15.6. The number of nitrogens with one attached hydrogen (secondary N) is 1. The molecule has 2 aromatic carbocycles. The summed E-state index contributed by atoms with van der Waals surface area (Å²) in [5.41, 5.74) is 4.19. The first kappa shape index (κ1) is 18.1. The van der Waals surface area contributed by atoms with Crippen LogP contribution in [0.4, 0.5) is 11.4 Å². The maximum atomic E-state index is 12.5. The van der Waals surface area contributed by atoms with Crippen molar-refractivity contribution in [2.75, 3.05) is 43.4 Å². The molecule has 6 heteroatoms. The number of para-hydroxylation sites is 4. The molecule has 1 aromatic heterocycles. The van der Waals surface area contributed by atoms with E-state index in [1.165, 1.54) is 6.08 Å². The third kappa shape index (κ3) is 4.18. The molecule has 1 aliphatic heterocycles. The van der Waals surface area contributed by atoms with Gasteiger partial charge in [0.1, 0.15) is 0 Å². The highest BCUT2D eigenvalue weighted by Gasteiger charge is 2.17. The van der Waals surface area contributed by atoms with Crippen molar-refractivity contribution >= 4 is 34.4 Å². The molecule has 2 heterocycles. The molecule has 1 aliphatic rings. The van der Waals surface area contributed by atoms with Gasteiger partial charge in [0.2, 0.25) is 5.91 Å². The molecule has 0 radical (unpaired) electrons. The van der Waals surface area contributed by atoms with Crippen molar-refractivity contribution in [2.45, 2.75) is 0 Å². The molecule has 1 saturated heterocycles. The zero-order valence-corrected chi connectivity index (χ0v) is 15.9. The molecule has 0 spiro atoms. The Morgan fingerprint density at radius 3 is 2.54 bits per heavy atom. The number of hydrogen-bond donors (Lipinski definition) is 1. The number of amides is 1. The molecule has 0 unspecified atom stereocenters. The topological polar surface area (TPSA) is 61.4 Å². The van der Waals surface area contributed by atoms with Crippen LogP contribution < -0.4 is 10.2 Å². The first-order valence-corrected chi connectivity index (χ1v) is 9.42. The highest BCUT2D eigenvalue weighted by Crippen LogP contribution is 2.26. The summed E-state index contributed by atoms with van der Waals surface area (Å²) in [5.74, 6) is -0.184. The quantitative estimate of drug-likeness (QED) is 0.713. The van der Waals surface area contributed by atoms with Gasteiger partial charge in [0.15, 0.2) is 0 Å². The molecule has 1 fully saturated rings. The number of fused-ring (bicyclic) bond motifs is 1. The molecule has 28 heavy (non-hydrogen) atoms. The Kier molecular flexibility index (Phi) is 5.30. The van der Waals surface area contributed by atoms with Crippen molar-refractivity contribution in [1.29, 1.82) is 0 Å². The van der Waals surface area contributed by atoms with Gasteiger partial charge >= 0.3 is 0 Å². The zero-order valence-electron chi connectivity index (χ0n) is 15.9. The van der Waals surface area contributed by atoms with Gasteiger partial charge in [-0.05, 0) is 37.4 Å². The van der Waals surface area contributed by atoms with Crippen LogP contribution in [0.25, 0.3) is 17.1 Å². The van der Waals surface area contributed by atoms with E-state index in [-0.39, 0.29) is 5.91 Å². The Morgan fingerprint density at radius 1 is 1.00 bits per heavy atom. The SMILES string of the molecule is CN1CCN(c2ccccc2NC(=O)/C=C/c2cnc3ccccc3n2)CC1. The van der Waals surface area contributed by atoms with Gasteiger partial charge in [-0.3, -0.25) is 9.78 Å². The second-order valence-electron chi connectivity index (χ2n) is 6.91. The highest BCUT2D eigenvalue weighted by atomic mass is 16.1. The summed E-state index contributed by atoms with van der Waals surface area (Å²) in [6.45, 7) is 3.93.